The molecule has 2 heterocycles. The minimum Gasteiger partial charge on any atom is -0.477 e. The van der Waals surface area contributed by atoms with E-state index in [-0.39, 0.29) is 4.88 Å². The Morgan fingerprint density at radius 2 is 2.26 bits per heavy atom. The number of hydrogen-bond donors (Lipinski definition) is 2. The van der Waals surface area contributed by atoms with Crippen LogP contribution in [0.2, 0.25) is 0 Å². The number of thiophene rings is 1. The Balaban J connectivity index is 2.11. The fraction of sp³-hybridized carbons (Fsp3) is 0.0769. The van der Waals surface area contributed by atoms with Crippen molar-refractivity contribution in [1.29, 1.82) is 0 Å². The van der Waals surface area contributed by atoms with Crippen LogP contribution in [0.15, 0.2) is 34.3 Å². The van der Waals surface area contributed by atoms with Crippen molar-refractivity contribution < 1.29 is 19.1 Å². The first-order valence-corrected chi connectivity index (χ1v) is 6.30. The minimum absolute atomic E-state index is 0.122. The first-order chi connectivity index (χ1) is 9.08. The highest BCUT2D eigenvalue weighted by Crippen LogP contribution is 2.27. The van der Waals surface area contributed by atoms with Gasteiger partial charge >= 0.3 is 5.97 Å². The van der Waals surface area contributed by atoms with E-state index >= 15 is 0 Å². The largest absolute Gasteiger partial charge is 0.477 e. The van der Waals surface area contributed by atoms with Crippen molar-refractivity contribution in [1.82, 2.24) is 0 Å². The molecule has 98 valence electrons. The summed E-state index contributed by atoms with van der Waals surface area (Å²) in [6.07, 6.45) is 4.31. The molecule has 0 radical (unpaired) electrons. The molecule has 0 aromatic carbocycles. The first kappa shape index (κ1) is 13.1. The molecule has 0 aliphatic heterocycles. The summed E-state index contributed by atoms with van der Waals surface area (Å²) in [5.41, 5.74) is 1.06. The third-order valence-electron chi connectivity index (χ3n) is 2.36. The van der Waals surface area contributed by atoms with Gasteiger partial charge in [0.25, 0.3) is 0 Å². The lowest BCUT2D eigenvalue weighted by Crippen LogP contribution is -2.11. The lowest BCUT2D eigenvalue weighted by atomic mass is 10.2. The molecule has 5 nitrogen and oxygen atoms in total. The molecule has 2 rings (SSSR count). The first-order valence-electron chi connectivity index (χ1n) is 5.42. The van der Waals surface area contributed by atoms with Crippen molar-refractivity contribution in [3.8, 4) is 0 Å². The van der Waals surface area contributed by atoms with E-state index in [9.17, 15) is 9.59 Å². The molecule has 1 amide bonds. The zero-order chi connectivity index (χ0) is 13.8. The van der Waals surface area contributed by atoms with Crippen LogP contribution in [0.25, 0.3) is 6.08 Å². The smallest absolute Gasteiger partial charge is 0.348 e. The van der Waals surface area contributed by atoms with E-state index in [1.54, 1.807) is 24.4 Å². The molecule has 6 heteroatoms. The van der Waals surface area contributed by atoms with Crippen molar-refractivity contribution in [3.63, 3.8) is 0 Å². The highest BCUT2D eigenvalue weighted by atomic mass is 32.1. The van der Waals surface area contributed by atoms with Crippen molar-refractivity contribution in [2.75, 3.05) is 5.32 Å². The zero-order valence-corrected chi connectivity index (χ0v) is 10.9. The van der Waals surface area contributed by atoms with Crippen molar-refractivity contribution in [2.24, 2.45) is 0 Å². The molecular weight excluding hydrogens is 266 g/mol. The highest BCUT2D eigenvalue weighted by Gasteiger charge is 2.16. The van der Waals surface area contributed by atoms with E-state index in [0.717, 1.165) is 16.9 Å². The predicted molar refractivity (Wildman–Crippen MR) is 72.4 cm³/mol. The third kappa shape index (κ3) is 3.11. The topological polar surface area (TPSA) is 79.5 Å². The zero-order valence-electron chi connectivity index (χ0n) is 10.0. The minimum atomic E-state index is -1.05. The molecule has 2 aromatic heterocycles. The van der Waals surface area contributed by atoms with Crippen LogP contribution in [0, 0.1) is 6.92 Å². The average Bonchev–Trinajstić information content (AvgIpc) is 2.98. The Bertz CT molecular complexity index is 625. The second-order valence-electron chi connectivity index (χ2n) is 3.77. The van der Waals surface area contributed by atoms with E-state index < -0.39 is 11.9 Å². The molecule has 0 atom stereocenters. The van der Waals surface area contributed by atoms with Gasteiger partial charge in [-0.25, -0.2) is 4.79 Å². The van der Waals surface area contributed by atoms with Crippen LogP contribution >= 0.6 is 11.3 Å². The molecular formula is C13H11NO4S. The number of carboxylic acid groups (broad SMARTS) is 1. The number of carbonyl (C=O) groups excluding carboxylic acids is 1. The van der Waals surface area contributed by atoms with Crippen LogP contribution in [-0.4, -0.2) is 17.0 Å². The van der Waals surface area contributed by atoms with Gasteiger partial charge in [-0.3, -0.25) is 4.79 Å². The molecule has 0 aliphatic rings. The maximum atomic E-state index is 11.7. The van der Waals surface area contributed by atoms with Gasteiger partial charge in [0.2, 0.25) is 5.91 Å². The average molecular weight is 277 g/mol. The van der Waals surface area contributed by atoms with Crippen LogP contribution in [0.1, 0.15) is 21.0 Å². The quantitative estimate of drug-likeness (QED) is 0.842. The number of nitrogens with one attached hydrogen (secondary N) is 1. The molecule has 0 spiro atoms. The fourth-order valence-electron chi connectivity index (χ4n) is 1.47. The van der Waals surface area contributed by atoms with Gasteiger partial charge in [-0.05, 0) is 36.1 Å². The number of rotatable bonds is 4. The summed E-state index contributed by atoms with van der Waals surface area (Å²) < 4.78 is 5.05. The Morgan fingerprint density at radius 3 is 2.89 bits per heavy atom. The van der Waals surface area contributed by atoms with Gasteiger partial charge in [-0.2, -0.15) is 0 Å². The summed E-state index contributed by atoms with van der Waals surface area (Å²) in [6, 6.07) is 3.42. The maximum absolute atomic E-state index is 11.7. The fourth-order valence-corrected chi connectivity index (χ4v) is 2.31. The third-order valence-corrected chi connectivity index (χ3v) is 3.45. The van der Waals surface area contributed by atoms with E-state index in [0.29, 0.717) is 11.4 Å². The number of amides is 1. The Labute approximate surface area is 113 Å². The maximum Gasteiger partial charge on any atom is 0.348 e. The van der Waals surface area contributed by atoms with Crippen molar-refractivity contribution in [2.45, 2.75) is 6.92 Å². The van der Waals surface area contributed by atoms with Gasteiger partial charge in [-0.15, -0.1) is 11.3 Å². The van der Waals surface area contributed by atoms with Crippen LogP contribution in [-0.2, 0) is 4.79 Å². The van der Waals surface area contributed by atoms with E-state index in [1.165, 1.54) is 18.4 Å². The SMILES string of the molecule is Cc1csc(C(=O)O)c1NC(=O)/C=C/c1ccco1. The number of aryl methyl sites for hydroxylation is 1. The molecule has 0 unspecified atom stereocenters. The van der Waals surface area contributed by atoms with Gasteiger partial charge in [-0.1, -0.05) is 0 Å². The number of furan rings is 1. The summed E-state index contributed by atoms with van der Waals surface area (Å²) in [7, 11) is 0. The van der Waals surface area contributed by atoms with E-state index in [2.05, 4.69) is 5.32 Å². The van der Waals surface area contributed by atoms with Crippen LogP contribution < -0.4 is 5.32 Å². The van der Waals surface area contributed by atoms with Crippen LogP contribution in [0.4, 0.5) is 5.69 Å². The Kier molecular flexibility index (Phi) is 3.82. The van der Waals surface area contributed by atoms with E-state index in [1.807, 2.05) is 0 Å². The Morgan fingerprint density at radius 1 is 1.47 bits per heavy atom. The summed E-state index contributed by atoms with van der Waals surface area (Å²) in [5, 5.41) is 13.3. The summed E-state index contributed by atoms with van der Waals surface area (Å²) in [4.78, 5) is 22.8. The summed E-state index contributed by atoms with van der Waals surface area (Å²) >= 11 is 1.09. The second kappa shape index (κ2) is 5.53. The van der Waals surface area contributed by atoms with Gasteiger partial charge in [0.1, 0.15) is 10.6 Å². The number of hydrogen-bond acceptors (Lipinski definition) is 4. The molecule has 0 saturated carbocycles. The van der Waals surface area contributed by atoms with Gasteiger partial charge < -0.3 is 14.8 Å². The van der Waals surface area contributed by atoms with Gasteiger partial charge in [0, 0.05) is 6.08 Å². The molecule has 0 bridgehead atoms. The number of aromatic carboxylic acids is 1. The standard InChI is InChI=1S/C13H11NO4S/c1-8-7-19-12(13(16)17)11(8)14-10(15)5-4-9-3-2-6-18-9/h2-7H,1H3,(H,14,15)(H,16,17)/b5-4+. The van der Waals surface area contributed by atoms with Gasteiger partial charge in [0.15, 0.2) is 0 Å². The van der Waals surface area contributed by atoms with Gasteiger partial charge in [0.05, 0.1) is 12.0 Å². The van der Waals surface area contributed by atoms with Crippen LogP contribution in [0.5, 0.6) is 0 Å². The number of carboxylic acids is 1. The molecule has 2 N–H and O–H groups in total. The summed E-state index contributed by atoms with van der Waals surface area (Å²) in [5.74, 6) is -0.903. The number of carbonyl (C=O) groups is 2. The normalized spacial score (nSPS) is 10.8. The lowest BCUT2D eigenvalue weighted by molar-refractivity contribution is -0.111. The monoisotopic (exact) mass is 277 g/mol. The number of anilines is 1. The van der Waals surface area contributed by atoms with Crippen LogP contribution in [0.3, 0.4) is 0 Å². The summed E-state index contributed by atoms with van der Waals surface area (Å²) in [6.45, 7) is 1.74. The Hall–Kier alpha value is -2.34. The predicted octanol–water partition coefficient (Wildman–Crippen LogP) is 3.00. The molecule has 0 saturated heterocycles. The van der Waals surface area contributed by atoms with Crippen molar-refractivity contribution >= 4 is 35.0 Å². The highest BCUT2D eigenvalue weighted by molar-refractivity contribution is 7.12. The van der Waals surface area contributed by atoms with E-state index in [4.69, 9.17) is 9.52 Å². The molecule has 0 aliphatic carbocycles. The second-order valence-corrected chi connectivity index (χ2v) is 4.65. The lowest BCUT2D eigenvalue weighted by Gasteiger charge is -2.02. The molecule has 2 aromatic rings. The molecule has 0 fully saturated rings. The molecule has 19 heavy (non-hydrogen) atoms. The van der Waals surface area contributed by atoms with Crippen molar-refractivity contribution in [3.05, 3.63) is 46.1 Å².